The van der Waals surface area contributed by atoms with Crippen LogP contribution in [-0.4, -0.2) is 37.2 Å². The van der Waals surface area contributed by atoms with Crippen molar-refractivity contribution < 1.29 is 4.74 Å². The van der Waals surface area contributed by atoms with Crippen LogP contribution in [0.4, 0.5) is 0 Å². The predicted molar refractivity (Wildman–Crippen MR) is 51.4 cm³/mol. The molecule has 1 rings (SSSR count). The SMILES string of the molecule is CCCOCC1(C)CCCN1C. The molecule has 0 saturated carbocycles. The highest BCUT2D eigenvalue weighted by molar-refractivity contribution is 4.89. The van der Waals surface area contributed by atoms with E-state index >= 15 is 0 Å². The smallest absolute Gasteiger partial charge is 0.0647 e. The molecule has 2 heteroatoms. The Kier molecular flexibility index (Phi) is 3.53. The van der Waals surface area contributed by atoms with Crippen molar-refractivity contribution in [2.45, 2.75) is 38.6 Å². The van der Waals surface area contributed by atoms with Crippen LogP contribution in [0.3, 0.4) is 0 Å². The number of rotatable bonds is 4. The summed E-state index contributed by atoms with van der Waals surface area (Å²) in [7, 11) is 2.20. The first-order valence-corrected chi connectivity index (χ1v) is 4.98. The molecule has 0 aliphatic carbocycles. The maximum atomic E-state index is 5.60. The summed E-state index contributed by atoms with van der Waals surface area (Å²) in [6.45, 7) is 7.49. The lowest BCUT2D eigenvalue weighted by Gasteiger charge is -2.31. The zero-order valence-corrected chi connectivity index (χ0v) is 8.60. The molecule has 1 saturated heterocycles. The summed E-state index contributed by atoms with van der Waals surface area (Å²) in [6, 6.07) is 0. The van der Waals surface area contributed by atoms with Gasteiger partial charge in [0.15, 0.2) is 0 Å². The number of nitrogens with zero attached hydrogens (tertiary/aromatic N) is 1. The molecule has 0 bridgehead atoms. The Morgan fingerprint density at radius 2 is 2.25 bits per heavy atom. The van der Waals surface area contributed by atoms with Gasteiger partial charge in [-0.3, -0.25) is 4.90 Å². The van der Waals surface area contributed by atoms with Crippen LogP contribution >= 0.6 is 0 Å². The Hall–Kier alpha value is -0.0800. The molecular formula is C10H21NO. The first-order chi connectivity index (χ1) is 5.69. The van der Waals surface area contributed by atoms with Gasteiger partial charge in [-0.1, -0.05) is 6.92 Å². The van der Waals surface area contributed by atoms with E-state index in [-0.39, 0.29) is 0 Å². The molecule has 2 nitrogen and oxygen atoms in total. The van der Waals surface area contributed by atoms with Crippen molar-refractivity contribution in [1.82, 2.24) is 4.90 Å². The molecule has 1 atom stereocenters. The molecule has 0 radical (unpaired) electrons. The monoisotopic (exact) mass is 171 g/mol. The molecule has 1 aliphatic heterocycles. The number of likely N-dealkylation sites (tertiary alicyclic amines) is 1. The first kappa shape index (κ1) is 10.0. The molecule has 0 amide bonds. The molecule has 0 N–H and O–H groups in total. The topological polar surface area (TPSA) is 12.5 Å². The third-order valence-electron chi connectivity index (χ3n) is 2.89. The van der Waals surface area contributed by atoms with Crippen molar-refractivity contribution in [1.29, 1.82) is 0 Å². The zero-order chi connectivity index (χ0) is 9.03. The summed E-state index contributed by atoms with van der Waals surface area (Å²) in [5, 5.41) is 0. The quantitative estimate of drug-likeness (QED) is 0.599. The van der Waals surface area contributed by atoms with Gasteiger partial charge in [-0.2, -0.15) is 0 Å². The Labute approximate surface area is 75.9 Å². The predicted octanol–water partition coefficient (Wildman–Crippen LogP) is 1.90. The molecule has 0 aromatic heterocycles. The van der Waals surface area contributed by atoms with Crippen molar-refractivity contribution in [3.8, 4) is 0 Å². The van der Waals surface area contributed by atoms with Crippen LogP contribution in [-0.2, 0) is 4.74 Å². The maximum Gasteiger partial charge on any atom is 0.0647 e. The van der Waals surface area contributed by atoms with Gasteiger partial charge in [-0.25, -0.2) is 0 Å². The van der Waals surface area contributed by atoms with Crippen LogP contribution in [0, 0.1) is 0 Å². The van der Waals surface area contributed by atoms with Gasteiger partial charge in [-0.15, -0.1) is 0 Å². The highest BCUT2D eigenvalue weighted by atomic mass is 16.5. The normalized spacial score (nSPS) is 31.2. The summed E-state index contributed by atoms with van der Waals surface area (Å²) in [4.78, 5) is 2.42. The summed E-state index contributed by atoms with van der Waals surface area (Å²) >= 11 is 0. The summed E-state index contributed by atoms with van der Waals surface area (Å²) in [6.07, 6.45) is 3.73. The van der Waals surface area contributed by atoms with Crippen molar-refractivity contribution in [3.63, 3.8) is 0 Å². The van der Waals surface area contributed by atoms with Gasteiger partial charge in [0.05, 0.1) is 6.61 Å². The average Bonchev–Trinajstić information content (AvgIpc) is 2.34. The summed E-state index contributed by atoms with van der Waals surface area (Å²) < 4.78 is 5.60. The van der Waals surface area contributed by atoms with E-state index in [2.05, 4.69) is 25.8 Å². The fourth-order valence-electron chi connectivity index (χ4n) is 1.78. The standard InChI is InChI=1S/C10H21NO/c1-4-8-12-9-10(2)6-5-7-11(10)3/h4-9H2,1-3H3. The Balaban J connectivity index is 2.27. The minimum absolute atomic E-state index is 0.315. The second-order valence-corrected chi connectivity index (χ2v) is 4.07. The van der Waals surface area contributed by atoms with Crippen molar-refractivity contribution in [3.05, 3.63) is 0 Å². The highest BCUT2D eigenvalue weighted by Gasteiger charge is 2.33. The number of ether oxygens (including phenoxy) is 1. The zero-order valence-electron chi connectivity index (χ0n) is 8.60. The molecule has 1 unspecified atom stereocenters. The average molecular weight is 171 g/mol. The van der Waals surface area contributed by atoms with E-state index in [0.717, 1.165) is 19.6 Å². The van der Waals surface area contributed by atoms with E-state index in [1.54, 1.807) is 0 Å². The van der Waals surface area contributed by atoms with E-state index in [1.807, 2.05) is 0 Å². The van der Waals surface area contributed by atoms with Crippen molar-refractivity contribution >= 4 is 0 Å². The van der Waals surface area contributed by atoms with Crippen LogP contribution in [0.25, 0.3) is 0 Å². The molecule has 12 heavy (non-hydrogen) atoms. The van der Waals surface area contributed by atoms with Crippen molar-refractivity contribution in [2.75, 3.05) is 26.8 Å². The van der Waals surface area contributed by atoms with E-state index in [0.29, 0.717) is 5.54 Å². The largest absolute Gasteiger partial charge is 0.380 e. The van der Waals surface area contributed by atoms with Crippen LogP contribution in [0.5, 0.6) is 0 Å². The lowest BCUT2D eigenvalue weighted by Crippen LogP contribution is -2.42. The van der Waals surface area contributed by atoms with E-state index in [9.17, 15) is 0 Å². The molecule has 1 fully saturated rings. The number of hydrogen-bond acceptors (Lipinski definition) is 2. The molecule has 1 heterocycles. The Morgan fingerprint density at radius 1 is 1.50 bits per heavy atom. The van der Waals surface area contributed by atoms with Crippen molar-refractivity contribution in [2.24, 2.45) is 0 Å². The third-order valence-corrected chi connectivity index (χ3v) is 2.89. The second-order valence-electron chi connectivity index (χ2n) is 4.07. The second kappa shape index (κ2) is 4.24. The fraction of sp³-hybridized carbons (Fsp3) is 1.00. The molecule has 1 aliphatic rings. The minimum Gasteiger partial charge on any atom is -0.380 e. The van der Waals surface area contributed by atoms with Gasteiger partial charge in [0, 0.05) is 12.1 Å². The van der Waals surface area contributed by atoms with Crippen LogP contribution in [0.2, 0.25) is 0 Å². The molecule has 0 aromatic carbocycles. The van der Waals surface area contributed by atoms with Gasteiger partial charge in [0.2, 0.25) is 0 Å². The van der Waals surface area contributed by atoms with Crippen LogP contribution in [0.1, 0.15) is 33.1 Å². The van der Waals surface area contributed by atoms with Crippen LogP contribution < -0.4 is 0 Å². The highest BCUT2D eigenvalue weighted by Crippen LogP contribution is 2.27. The summed E-state index contributed by atoms with van der Waals surface area (Å²) in [5.41, 5.74) is 0.315. The van der Waals surface area contributed by atoms with E-state index in [1.165, 1.54) is 19.4 Å². The van der Waals surface area contributed by atoms with Gasteiger partial charge in [0.25, 0.3) is 0 Å². The summed E-state index contributed by atoms with van der Waals surface area (Å²) in [5.74, 6) is 0. The molecule has 0 aromatic rings. The number of likely N-dealkylation sites (N-methyl/N-ethyl adjacent to an activating group) is 1. The van der Waals surface area contributed by atoms with Gasteiger partial charge in [-0.05, 0) is 39.8 Å². The molecule has 0 spiro atoms. The number of hydrogen-bond donors (Lipinski definition) is 0. The van der Waals surface area contributed by atoms with Gasteiger partial charge < -0.3 is 4.74 Å². The maximum absolute atomic E-state index is 5.60. The first-order valence-electron chi connectivity index (χ1n) is 4.98. The van der Waals surface area contributed by atoms with E-state index < -0.39 is 0 Å². The Bertz CT molecular complexity index is 138. The third kappa shape index (κ3) is 2.20. The molecular weight excluding hydrogens is 150 g/mol. The van der Waals surface area contributed by atoms with Gasteiger partial charge in [0.1, 0.15) is 0 Å². The minimum atomic E-state index is 0.315. The van der Waals surface area contributed by atoms with Gasteiger partial charge >= 0.3 is 0 Å². The van der Waals surface area contributed by atoms with Crippen LogP contribution in [0.15, 0.2) is 0 Å². The lowest BCUT2D eigenvalue weighted by atomic mass is 10.0. The fourth-order valence-corrected chi connectivity index (χ4v) is 1.78. The lowest BCUT2D eigenvalue weighted by molar-refractivity contribution is 0.0362. The Morgan fingerprint density at radius 3 is 2.75 bits per heavy atom. The molecule has 72 valence electrons. The van der Waals surface area contributed by atoms with E-state index in [4.69, 9.17) is 4.74 Å².